The number of hydrogen-bond donors (Lipinski definition) is 1. The number of benzene rings is 2. The van der Waals surface area contributed by atoms with Gasteiger partial charge >= 0.3 is 5.97 Å². The molecule has 0 unspecified atom stereocenters. The first kappa shape index (κ1) is 15.2. The number of thiophene rings is 1. The van der Waals surface area contributed by atoms with Crippen LogP contribution in [0, 0.1) is 0 Å². The summed E-state index contributed by atoms with van der Waals surface area (Å²) in [4.78, 5) is 16.7. The smallest absolute Gasteiger partial charge is 0.341 e. The van der Waals surface area contributed by atoms with Crippen molar-refractivity contribution in [2.75, 3.05) is 6.61 Å². The van der Waals surface area contributed by atoms with Gasteiger partial charge in [-0.05, 0) is 25.1 Å². The standard InChI is InChI=1S/C18H15NO3S/c1-2-22-18(21)16-13-8-4-6-10-15(13)23-17(16)19-11-12-7-3-5-9-14(12)20/h3-11,20H,2H2,1H3/b19-11+. The van der Waals surface area contributed by atoms with Crippen LogP contribution in [0.4, 0.5) is 5.00 Å². The van der Waals surface area contributed by atoms with E-state index >= 15 is 0 Å². The number of aromatic hydroxyl groups is 1. The second-order valence-electron chi connectivity index (χ2n) is 4.82. The van der Waals surface area contributed by atoms with Gasteiger partial charge < -0.3 is 9.84 Å². The van der Waals surface area contributed by atoms with E-state index in [1.165, 1.54) is 11.3 Å². The van der Waals surface area contributed by atoms with Crippen LogP contribution >= 0.6 is 11.3 Å². The van der Waals surface area contributed by atoms with Crippen molar-refractivity contribution >= 4 is 38.6 Å². The van der Waals surface area contributed by atoms with Gasteiger partial charge in [0, 0.05) is 21.9 Å². The third-order valence-corrected chi connectivity index (χ3v) is 4.39. The van der Waals surface area contributed by atoms with E-state index < -0.39 is 0 Å². The highest BCUT2D eigenvalue weighted by Gasteiger charge is 2.19. The first-order valence-corrected chi connectivity index (χ1v) is 8.03. The largest absolute Gasteiger partial charge is 0.507 e. The maximum Gasteiger partial charge on any atom is 0.341 e. The number of fused-ring (bicyclic) bond motifs is 1. The molecule has 23 heavy (non-hydrogen) atoms. The normalized spacial score (nSPS) is 11.2. The number of aliphatic imine (C=N–C) groups is 1. The topological polar surface area (TPSA) is 58.9 Å². The molecule has 4 nitrogen and oxygen atoms in total. The van der Waals surface area contributed by atoms with Crippen molar-refractivity contribution in [3.63, 3.8) is 0 Å². The van der Waals surface area contributed by atoms with E-state index in [1.54, 1.807) is 31.3 Å². The fourth-order valence-electron chi connectivity index (χ4n) is 2.25. The Morgan fingerprint density at radius 1 is 1.22 bits per heavy atom. The van der Waals surface area contributed by atoms with E-state index in [2.05, 4.69) is 4.99 Å². The molecule has 0 aliphatic heterocycles. The van der Waals surface area contributed by atoms with Crippen molar-refractivity contribution in [1.29, 1.82) is 0 Å². The number of phenolic OH excluding ortho intramolecular Hbond substituents is 1. The number of carbonyl (C=O) groups excluding carboxylic acids is 1. The molecular weight excluding hydrogens is 310 g/mol. The number of nitrogens with zero attached hydrogens (tertiary/aromatic N) is 1. The highest BCUT2D eigenvalue weighted by molar-refractivity contribution is 7.23. The quantitative estimate of drug-likeness (QED) is 0.566. The summed E-state index contributed by atoms with van der Waals surface area (Å²) in [6, 6.07) is 14.6. The number of esters is 1. The molecule has 3 aromatic rings. The molecule has 0 spiro atoms. The first-order valence-electron chi connectivity index (χ1n) is 7.21. The average Bonchev–Trinajstić information content (AvgIpc) is 2.92. The Bertz CT molecular complexity index is 883. The van der Waals surface area contributed by atoms with Gasteiger partial charge in [0.2, 0.25) is 0 Å². The van der Waals surface area contributed by atoms with Gasteiger partial charge in [0.1, 0.15) is 16.3 Å². The summed E-state index contributed by atoms with van der Waals surface area (Å²) < 4.78 is 6.13. The van der Waals surface area contributed by atoms with Crippen molar-refractivity contribution in [3.05, 3.63) is 59.7 Å². The van der Waals surface area contributed by atoms with Gasteiger partial charge in [0.05, 0.1) is 6.61 Å². The second kappa shape index (κ2) is 6.62. The minimum absolute atomic E-state index is 0.148. The molecule has 3 rings (SSSR count). The summed E-state index contributed by atoms with van der Waals surface area (Å²) in [7, 11) is 0. The number of para-hydroxylation sites is 1. The summed E-state index contributed by atoms with van der Waals surface area (Å²) in [6.07, 6.45) is 1.56. The maximum absolute atomic E-state index is 12.3. The molecule has 0 saturated heterocycles. The molecule has 0 aliphatic carbocycles. The van der Waals surface area contributed by atoms with E-state index in [0.29, 0.717) is 22.7 Å². The van der Waals surface area contributed by atoms with E-state index in [-0.39, 0.29) is 11.7 Å². The van der Waals surface area contributed by atoms with Crippen molar-refractivity contribution in [1.82, 2.24) is 0 Å². The Morgan fingerprint density at radius 2 is 1.96 bits per heavy atom. The van der Waals surface area contributed by atoms with Crippen molar-refractivity contribution < 1.29 is 14.6 Å². The Kier molecular flexibility index (Phi) is 4.39. The van der Waals surface area contributed by atoms with Crippen molar-refractivity contribution in [2.45, 2.75) is 6.92 Å². The van der Waals surface area contributed by atoms with E-state index in [4.69, 9.17) is 4.74 Å². The van der Waals surface area contributed by atoms with Gasteiger partial charge in [-0.1, -0.05) is 30.3 Å². The van der Waals surface area contributed by atoms with Gasteiger partial charge in [-0.2, -0.15) is 0 Å². The SMILES string of the molecule is CCOC(=O)c1c(/N=C/c2ccccc2O)sc2ccccc12. The third kappa shape index (κ3) is 3.10. The second-order valence-corrected chi connectivity index (χ2v) is 5.85. The molecular formula is C18H15NO3S. The predicted octanol–water partition coefficient (Wildman–Crippen LogP) is 4.53. The van der Waals surface area contributed by atoms with Gasteiger partial charge in [0.15, 0.2) is 0 Å². The molecule has 0 bridgehead atoms. The maximum atomic E-state index is 12.3. The number of hydrogen-bond acceptors (Lipinski definition) is 5. The lowest BCUT2D eigenvalue weighted by Gasteiger charge is -2.02. The summed E-state index contributed by atoms with van der Waals surface area (Å²) in [5, 5.41) is 11.2. The van der Waals surface area contributed by atoms with Crippen LogP contribution in [0.15, 0.2) is 53.5 Å². The van der Waals surface area contributed by atoms with Gasteiger partial charge in [-0.3, -0.25) is 0 Å². The highest BCUT2D eigenvalue weighted by atomic mass is 32.1. The molecule has 0 radical (unpaired) electrons. The average molecular weight is 325 g/mol. The highest BCUT2D eigenvalue weighted by Crippen LogP contribution is 2.38. The molecule has 0 fully saturated rings. The minimum Gasteiger partial charge on any atom is -0.507 e. The van der Waals surface area contributed by atoms with Crippen molar-refractivity contribution in [3.8, 4) is 5.75 Å². The molecule has 116 valence electrons. The lowest BCUT2D eigenvalue weighted by atomic mass is 10.1. The van der Waals surface area contributed by atoms with Crippen LogP contribution in [0.1, 0.15) is 22.8 Å². The van der Waals surface area contributed by atoms with Gasteiger partial charge in [-0.25, -0.2) is 9.79 Å². The monoisotopic (exact) mass is 325 g/mol. The number of phenols is 1. The van der Waals surface area contributed by atoms with Crippen LogP contribution < -0.4 is 0 Å². The Labute approximate surface area is 137 Å². The Hall–Kier alpha value is -2.66. The van der Waals surface area contributed by atoms with Crippen LogP contribution in [0.5, 0.6) is 5.75 Å². The minimum atomic E-state index is -0.380. The summed E-state index contributed by atoms with van der Waals surface area (Å²) in [5.74, 6) is -0.232. The molecule has 1 aromatic heterocycles. The number of rotatable bonds is 4. The summed E-state index contributed by atoms with van der Waals surface area (Å²) in [5.41, 5.74) is 1.07. The summed E-state index contributed by atoms with van der Waals surface area (Å²) in [6.45, 7) is 2.09. The van der Waals surface area contributed by atoms with Crippen LogP contribution in [0.25, 0.3) is 10.1 Å². The fourth-order valence-corrected chi connectivity index (χ4v) is 3.28. The third-order valence-electron chi connectivity index (χ3n) is 3.31. The fraction of sp³-hybridized carbons (Fsp3) is 0.111. The van der Waals surface area contributed by atoms with E-state index in [0.717, 1.165) is 10.1 Å². The zero-order valence-electron chi connectivity index (χ0n) is 12.5. The number of ether oxygens (including phenoxy) is 1. The molecule has 5 heteroatoms. The zero-order chi connectivity index (χ0) is 16.2. The lowest BCUT2D eigenvalue weighted by molar-refractivity contribution is 0.0530. The zero-order valence-corrected chi connectivity index (χ0v) is 13.3. The molecule has 1 N–H and O–H groups in total. The Morgan fingerprint density at radius 3 is 2.74 bits per heavy atom. The van der Waals surface area contributed by atoms with E-state index in [9.17, 15) is 9.90 Å². The lowest BCUT2D eigenvalue weighted by Crippen LogP contribution is -2.03. The van der Waals surface area contributed by atoms with Gasteiger partial charge in [0.25, 0.3) is 0 Å². The molecule has 0 aliphatic rings. The van der Waals surface area contributed by atoms with Crippen LogP contribution in [0.2, 0.25) is 0 Å². The molecule has 0 atom stereocenters. The predicted molar refractivity (Wildman–Crippen MR) is 93.1 cm³/mol. The molecule has 1 heterocycles. The van der Waals surface area contributed by atoms with Crippen molar-refractivity contribution in [2.24, 2.45) is 4.99 Å². The van der Waals surface area contributed by atoms with Crippen LogP contribution in [0.3, 0.4) is 0 Å². The molecule has 2 aromatic carbocycles. The molecule has 0 saturated carbocycles. The van der Waals surface area contributed by atoms with Crippen LogP contribution in [-0.4, -0.2) is 23.9 Å². The molecule has 0 amide bonds. The number of carbonyl (C=O) groups is 1. The first-order chi connectivity index (χ1) is 11.2. The Balaban J connectivity index is 2.08. The summed E-state index contributed by atoms with van der Waals surface area (Å²) >= 11 is 1.42. The van der Waals surface area contributed by atoms with Crippen LogP contribution in [-0.2, 0) is 4.74 Å². The van der Waals surface area contributed by atoms with E-state index in [1.807, 2.05) is 30.3 Å². The van der Waals surface area contributed by atoms with Gasteiger partial charge in [-0.15, -0.1) is 11.3 Å².